The molecule has 0 aromatic heterocycles. The second-order valence-electron chi connectivity index (χ2n) is 5.27. The molecule has 128 valence electrons. The molecule has 0 heterocycles. The third-order valence-electron chi connectivity index (χ3n) is 3.64. The van der Waals surface area contributed by atoms with Crippen LogP contribution in [0.4, 0.5) is 0 Å². The lowest BCUT2D eigenvalue weighted by atomic mass is 10.1. The van der Waals surface area contributed by atoms with Gasteiger partial charge < -0.3 is 5.32 Å². The normalized spacial score (nSPS) is 12.7. The van der Waals surface area contributed by atoms with Crippen LogP contribution < -0.4 is 5.32 Å². The maximum absolute atomic E-state index is 12.5. The summed E-state index contributed by atoms with van der Waals surface area (Å²) >= 11 is 11.9. The number of hydrogen-bond acceptors (Lipinski definition) is 3. The molecular formula is C17H17Cl2NO3S. The predicted octanol–water partition coefficient (Wildman–Crippen LogP) is 4.28. The molecule has 2 aromatic rings. The standard InChI is InChI=1S/C17H17Cl2NO3S/c1-3-24(22,23)16-7-5-4-6-13(16)17(21)20-11(2)12-8-9-14(18)15(19)10-12/h4-11H,3H2,1-2H3,(H,20,21)/t11-/m0/s1. The van der Waals surface area contributed by atoms with Crippen molar-refractivity contribution in [1.29, 1.82) is 0 Å². The minimum atomic E-state index is -3.49. The lowest BCUT2D eigenvalue weighted by Crippen LogP contribution is -2.28. The van der Waals surface area contributed by atoms with E-state index in [0.29, 0.717) is 10.0 Å². The van der Waals surface area contributed by atoms with Crippen molar-refractivity contribution in [3.05, 3.63) is 63.6 Å². The Morgan fingerprint density at radius 3 is 2.42 bits per heavy atom. The Labute approximate surface area is 151 Å². The molecule has 1 atom stereocenters. The molecule has 7 heteroatoms. The SMILES string of the molecule is CCS(=O)(=O)c1ccccc1C(=O)N[C@@H](C)c1ccc(Cl)c(Cl)c1. The second-order valence-corrected chi connectivity index (χ2v) is 8.33. The summed E-state index contributed by atoms with van der Waals surface area (Å²) in [5, 5.41) is 3.61. The molecule has 0 bridgehead atoms. The fourth-order valence-corrected chi connectivity index (χ4v) is 3.62. The molecule has 0 aliphatic heterocycles. The van der Waals surface area contributed by atoms with Crippen LogP contribution in [0.25, 0.3) is 0 Å². The van der Waals surface area contributed by atoms with Crippen LogP contribution in [-0.2, 0) is 9.84 Å². The first-order chi connectivity index (χ1) is 11.3. The number of amides is 1. The Balaban J connectivity index is 2.29. The van der Waals surface area contributed by atoms with Crippen molar-refractivity contribution < 1.29 is 13.2 Å². The summed E-state index contributed by atoms with van der Waals surface area (Å²) in [5.74, 6) is -0.527. The highest BCUT2D eigenvalue weighted by Gasteiger charge is 2.21. The van der Waals surface area contributed by atoms with Crippen LogP contribution in [0.2, 0.25) is 10.0 Å². The van der Waals surface area contributed by atoms with Gasteiger partial charge in [0.05, 0.1) is 32.3 Å². The lowest BCUT2D eigenvalue weighted by molar-refractivity contribution is 0.0936. The largest absolute Gasteiger partial charge is 0.345 e. The monoisotopic (exact) mass is 385 g/mol. The van der Waals surface area contributed by atoms with Crippen LogP contribution in [-0.4, -0.2) is 20.1 Å². The third kappa shape index (κ3) is 4.09. The third-order valence-corrected chi connectivity index (χ3v) is 6.16. The first kappa shape index (κ1) is 18.8. The number of carbonyl (C=O) groups excluding carboxylic acids is 1. The van der Waals surface area contributed by atoms with Gasteiger partial charge in [-0.3, -0.25) is 4.79 Å². The molecule has 1 N–H and O–H groups in total. The van der Waals surface area contributed by atoms with E-state index >= 15 is 0 Å². The summed E-state index contributed by atoms with van der Waals surface area (Å²) in [6.45, 7) is 3.33. The molecule has 24 heavy (non-hydrogen) atoms. The molecule has 0 spiro atoms. The molecular weight excluding hydrogens is 369 g/mol. The first-order valence-corrected chi connectivity index (χ1v) is 9.74. The van der Waals surface area contributed by atoms with Gasteiger partial charge in [-0.15, -0.1) is 0 Å². The first-order valence-electron chi connectivity index (χ1n) is 7.34. The van der Waals surface area contributed by atoms with Crippen LogP contribution in [0.1, 0.15) is 35.8 Å². The number of sulfone groups is 1. The zero-order chi connectivity index (χ0) is 17.9. The number of hydrogen-bond donors (Lipinski definition) is 1. The van der Waals surface area contributed by atoms with E-state index in [4.69, 9.17) is 23.2 Å². The van der Waals surface area contributed by atoms with Crippen LogP contribution in [0.3, 0.4) is 0 Å². The molecule has 2 aromatic carbocycles. The minimum absolute atomic E-state index is 0.0336. The quantitative estimate of drug-likeness (QED) is 0.835. The van der Waals surface area contributed by atoms with Crippen molar-refractivity contribution in [2.75, 3.05) is 5.75 Å². The van der Waals surface area contributed by atoms with Gasteiger partial charge in [0.15, 0.2) is 9.84 Å². The smallest absolute Gasteiger partial charge is 0.253 e. The van der Waals surface area contributed by atoms with Crippen molar-refractivity contribution in [2.45, 2.75) is 24.8 Å². The maximum Gasteiger partial charge on any atom is 0.253 e. The molecule has 0 fully saturated rings. The van der Waals surface area contributed by atoms with Crippen LogP contribution in [0.15, 0.2) is 47.4 Å². The number of benzene rings is 2. The number of carbonyl (C=O) groups is 1. The van der Waals surface area contributed by atoms with E-state index < -0.39 is 15.7 Å². The topological polar surface area (TPSA) is 63.2 Å². The van der Waals surface area contributed by atoms with Crippen LogP contribution >= 0.6 is 23.2 Å². The number of halogens is 2. The van der Waals surface area contributed by atoms with Crippen LogP contribution in [0, 0.1) is 0 Å². The Morgan fingerprint density at radius 1 is 1.12 bits per heavy atom. The minimum Gasteiger partial charge on any atom is -0.345 e. The molecule has 4 nitrogen and oxygen atoms in total. The Kier molecular flexibility index (Phi) is 5.91. The van der Waals surface area contributed by atoms with Gasteiger partial charge in [0.25, 0.3) is 5.91 Å². The summed E-state index contributed by atoms with van der Waals surface area (Å²) in [4.78, 5) is 12.6. The molecule has 0 radical (unpaired) electrons. The van der Waals surface area contributed by atoms with Gasteiger partial charge >= 0.3 is 0 Å². The van der Waals surface area contributed by atoms with Crippen molar-refractivity contribution in [1.82, 2.24) is 5.32 Å². The summed E-state index contributed by atoms with van der Waals surface area (Å²) in [6.07, 6.45) is 0. The van der Waals surface area contributed by atoms with Gasteiger partial charge in [0.1, 0.15) is 0 Å². The van der Waals surface area contributed by atoms with Crippen molar-refractivity contribution in [2.24, 2.45) is 0 Å². The summed E-state index contributed by atoms with van der Waals surface area (Å²) < 4.78 is 24.3. The second kappa shape index (κ2) is 7.55. The summed E-state index contributed by atoms with van der Waals surface area (Å²) in [5.41, 5.74) is 0.903. The van der Waals surface area contributed by atoms with E-state index in [1.54, 1.807) is 44.2 Å². The fraction of sp³-hybridized carbons (Fsp3) is 0.235. The highest BCUT2D eigenvalue weighted by atomic mass is 35.5. The molecule has 2 rings (SSSR count). The van der Waals surface area contributed by atoms with Gasteiger partial charge in [0.2, 0.25) is 0 Å². The van der Waals surface area contributed by atoms with Crippen molar-refractivity contribution in [3.8, 4) is 0 Å². The lowest BCUT2D eigenvalue weighted by Gasteiger charge is -2.16. The fourth-order valence-electron chi connectivity index (χ4n) is 2.22. The van der Waals surface area contributed by atoms with Gasteiger partial charge in [-0.2, -0.15) is 0 Å². The zero-order valence-corrected chi connectivity index (χ0v) is 15.5. The van der Waals surface area contributed by atoms with Crippen LogP contribution in [0.5, 0.6) is 0 Å². The molecule has 1 amide bonds. The summed E-state index contributed by atoms with van der Waals surface area (Å²) in [6, 6.07) is 10.9. The maximum atomic E-state index is 12.5. The van der Waals surface area contributed by atoms with Gasteiger partial charge in [0, 0.05) is 0 Å². The molecule has 0 aliphatic carbocycles. The van der Waals surface area contributed by atoms with E-state index in [9.17, 15) is 13.2 Å². The average molecular weight is 386 g/mol. The van der Waals surface area contributed by atoms with E-state index in [2.05, 4.69) is 5.32 Å². The molecule has 0 saturated carbocycles. The highest BCUT2D eigenvalue weighted by molar-refractivity contribution is 7.91. The summed E-state index contributed by atoms with van der Waals surface area (Å²) in [7, 11) is -3.49. The van der Waals surface area contributed by atoms with Gasteiger partial charge in [-0.05, 0) is 36.8 Å². The number of rotatable bonds is 5. The highest BCUT2D eigenvalue weighted by Crippen LogP contribution is 2.26. The zero-order valence-electron chi connectivity index (χ0n) is 13.2. The average Bonchev–Trinajstić information content (AvgIpc) is 2.57. The molecule has 0 unspecified atom stereocenters. The Bertz CT molecular complexity index is 866. The van der Waals surface area contributed by atoms with Gasteiger partial charge in [-0.1, -0.05) is 48.3 Å². The predicted molar refractivity (Wildman–Crippen MR) is 96.5 cm³/mol. The molecule has 0 aliphatic rings. The van der Waals surface area contributed by atoms with E-state index in [1.807, 2.05) is 0 Å². The Morgan fingerprint density at radius 2 is 1.79 bits per heavy atom. The number of nitrogens with one attached hydrogen (secondary N) is 1. The van der Waals surface area contributed by atoms with Crippen molar-refractivity contribution in [3.63, 3.8) is 0 Å². The van der Waals surface area contributed by atoms with E-state index in [-0.39, 0.29) is 22.3 Å². The molecule has 0 saturated heterocycles. The van der Waals surface area contributed by atoms with Gasteiger partial charge in [-0.25, -0.2) is 8.42 Å². The van der Waals surface area contributed by atoms with Crippen molar-refractivity contribution >= 4 is 38.9 Å². The van der Waals surface area contributed by atoms with E-state index in [0.717, 1.165) is 5.56 Å². The van der Waals surface area contributed by atoms with E-state index in [1.165, 1.54) is 12.1 Å². The Hall–Kier alpha value is -1.56.